The van der Waals surface area contributed by atoms with E-state index >= 15 is 0 Å². The van der Waals surface area contributed by atoms with E-state index in [-0.39, 0.29) is 11.9 Å². The number of hydrogen-bond acceptors (Lipinski definition) is 2. The summed E-state index contributed by atoms with van der Waals surface area (Å²) in [6.45, 7) is 8.92. The van der Waals surface area contributed by atoms with Gasteiger partial charge in [-0.05, 0) is 56.4 Å². The molecule has 0 heterocycles. The van der Waals surface area contributed by atoms with Crippen LogP contribution in [0, 0.1) is 20.8 Å². The van der Waals surface area contributed by atoms with Gasteiger partial charge in [-0.25, -0.2) is 0 Å². The van der Waals surface area contributed by atoms with E-state index in [1.165, 1.54) is 22.3 Å². The predicted molar refractivity (Wildman–Crippen MR) is 75.6 cm³/mol. The number of benzene rings is 1. The van der Waals surface area contributed by atoms with E-state index in [9.17, 15) is 4.79 Å². The zero-order valence-electron chi connectivity index (χ0n) is 11.8. The second-order valence-electron chi connectivity index (χ2n) is 5.07. The van der Waals surface area contributed by atoms with Crippen LogP contribution in [0.25, 0.3) is 0 Å². The molecule has 0 bridgehead atoms. The summed E-state index contributed by atoms with van der Waals surface area (Å²) in [6, 6.07) is 4.21. The highest BCUT2D eigenvalue weighted by molar-refractivity contribution is 5.76. The zero-order chi connectivity index (χ0) is 13.7. The fourth-order valence-corrected chi connectivity index (χ4v) is 1.98. The van der Waals surface area contributed by atoms with Crippen LogP contribution in [0.5, 0.6) is 0 Å². The van der Waals surface area contributed by atoms with Crippen molar-refractivity contribution in [3.05, 3.63) is 34.4 Å². The lowest BCUT2D eigenvalue weighted by Gasteiger charge is -2.12. The predicted octanol–water partition coefficient (Wildman–Crippen LogP) is 2.01. The van der Waals surface area contributed by atoms with Gasteiger partial charge < -0.3 is 11.1 Å². The number of nitrogens with one attached hydrogen (secondary N) is 1. The molecule has 0 aromatic heterocycles. The summed E-state index contributed by atoms with van der Waals surface area (Å²) in [4.78, 5) is 11.5. The molecule has 18 heavy (non-hydrogen) atoms. The van der Waals surface area contributed by atoms with E-state index in [0.717, 1.165) is 6.42 Å². The van der Waals surface area contributed by atoms with E-state index < -0.39 is 0 Å². The summed E-state index contributed by atoms with van der Waals surface area (Å²) in [5, 5.41) is 2.90. The van der Waals surface area contributed by atoms with Gasteiger partial charge in [-0.3, -0.25) is 4.79 Å². The Hall–Kier alpha value is -1.35. The quantitative estimate of drug-likeness (QED) is 0.837. The van der Waals surface area contributed by atoms with Crippen molar-refractivity contribution in [2.45, 2.75) is 46.6 Å². The Morgan fingerprint density at radius 2 is 1.94 bits per heavy atom. The Morgan fingerprint density at radius 1 is 1.28 bits per heavy atom. The molecule has 1 amide bonds. The molecule has 3 nitrogen and oxygen atoms in total. The van der Waals surface area contributed by atoms with Crippen LogP contribution < -0.4 is 11.1 Å². The van der Waals surface area contributed by atoms with E-state index in [0.29, 0.717) is 13.0 Å². The summed E-state index contributed by atoms with van der Waals surface area (Å²) < 4.78 is 0. The minimum Gasteiger partial charge on any atom is -0.356 e. The molecule has 3 N–H and O–H groups in total. The topological polar surface area (TPSA) is 55.1 Å². The largest absolute Gasteiger partial charge is 0.356 e. The third-order valence-electron chi connectivity index (χ3n) is 3.39. The van der Waals surface area contributed by atoms with Crippen molar-refractivity contribution in [2.24, 2.45) is 5.73 Å². The first-order chi connectivity index (χ1) is 8.41. The fourth-order valence-electron chi connectivity index (χ4n) is 1.98. The van der Waals surface area contributed by atoms with Gasteiger partial charge in [-0.1, -0.05) is 12.1 Å². The summed E-state index contributed by atoms with van der Waals surface area (Å²) >= 11 is 0. The number of carbonyl (C=O) groups excluding carboxylic acids is 1. The number of aryl methyl sites for hydroxylation is 1. The highest BCUT2D eigenvalue weighted by Crippen LogP contribution is 2.17. The Kier molecular flexibility index (Phi) is 5.35. The molecular formula is C15H24N2O. The summed E-state index contributed by atoms with van der Waals surface area (Å²) in [7, 11) is 0. The van der Waals surface area contributed by atoms with Crippen molar-refractivity contribution < 1.29 is 4.79 Å². The van der Waals surface area contributed by atoms with E-state index in [1.54, 1.807) is 0 Å². The van der Waals surface area contributed by atoms with Crippen molar-refractivity contribution in [1.82, 2.24) is 5.32 Å². The first-order valence-electron chi connectivity index (χ1n) is 6.49. The number of carbonyl (C=O) groups is 1. The molecule has 0 radical (unpaired) electrons. The maximum Gasteiger partial charge on any atom is 0.221 e. The average Bonchev–Trinajstić information content (AvgIpc) is 2.28. The Bertz CT molecular complexity index is 425. The molecule has 1 unspecified atom stereocenters. The van der Waals surface area contributed by atoms with Gasteiger partial charge in [0.25, 0.3) is 0 Å². The van der Waals surface area contributed by atoms with E-state index in [1.807, 2.05) is 6.92 Å². The summed E-state index contributed by atoms with van der Waals surface area (Å²) in [5.41, 5.74) is 10.9. The maximum absolute atomic E-state index is 11.5. The zero-order valence-corrected chi connectivity index (χ0v) is 11.8. The fraction of sp³-hybridized carbons (Fsp3) is 0.533. The third kappa shape index (κ3) is 4.15. The number of hydrogen-bond donors (Lipinski definition) is 2. The van der Waals surface area contributed by atoms with Crippen LogP contribution in [0.15, 0.2) is 12.1 Å². The normalized spacial score (nSPS) is 12.3. The minimum atomic E-state index is -0.0756. The lowest BCUT2D eigenvalue weighted by Crippen LogP contribution is -2.31. The molecule has 0 aliphatic carbocycles. The second-order valence-corrected chi connectivity index (χ2v) is 5.07. The SMILES string of the molecule is Cc1ccc(CCNC(=O)CC(C)N)c(C)c1C. The maximum atomic E-state index is 11.5. The van der Waals surface area contributed by atoms with Gasteiger partial charge in [0.05, 0.1) is 0 Å². The van der Waals surface area contributed by atoms with Crippen molar-refractivity contribution in [3.8, 4) is 0 Å². The van der Waals surface area contributed by atoms with Crippen LogP contribution in [-0.2, 0) is 11.2 Å². The number of amides is 1. The van der Waals surface area contributed by atoms with Gasteiger partial charge in [-0.2, -0.15) is 0 Å². The first-order valence-corrected chi connectivity index (χ1v) is 6.49. The van der Waals surface area contributed by atoms with Gasteiger partial charge >= 0.3 is 0 Å². The van der Waals surface area contributed by atoms with Crippen LogP contribution in [0.1, 0.15) is 35.6 Å². The highest BCUT2D eigenvalue weighted by Gasteiger charge is 2.06. The Balaban J connectivity index is 2.50. The molecule has 0 saturated carbocycles. The number of nitrogens with two attached hydrogens (primary N) is 1. The van der Waals surface area contributed by atoms with Gasteiger partial charge in [0, 0.05) is 19.0 Å². The second kappa shape index (κ2) is 6.55. The molecule has 1 aromatic rings. The molecular weight excluding hydrogens is 224 g/mol. The van der Waals surface area contributed by atoms with Crippen molar-refractivity contribution in [1.29, 1.82) is 0 Å². The third-order valence-corrected chi connectivity index (χ3v) is 3.39. The molecule has 0 aliphatic heterocycles. The highest BCUT2D eigenvalue weighted by atomic mass is 16.1. The summed E-state index contributed by atoms with van der Waals surface area (Å²) in [6.07, 6.45) is 1.27. The standard InChI is InChI=1S/C15H24N2O/c1-10-5-6-14(13(4)12(10)3)7-8-17-15(18)9-11(2)16/h5-6,11H,7-9,16H2,1-4H3,(H,17,18). The monoisotopic (exact) mass is 248 g/mol. The van der Waals surface area contributed by atoms with Crippen LogP contribution in [0.2, 0.25) is 0 Å². The molecule has 0 saturated heterocycles. The first kappa shape index (κ1) is 14.7. The van der Waals surface area contributed by atoms with Gasteiger partial charge in [-0.15, -0.1) is 0 Å². The van der Waals surface area contributed by atoms with Crippen LogP contribution in [-0.4, -0.2) is 18.5 Å². The molecule has 100 valence electrons. The molecule has 0 aliphatic rings. The Morgan fingerprint density at radius 3 is 2.56 bits per heavy atom. The molecule has 3 heteroatoms. The van der Waals surface area contributed by atoms with Gasteiger partial charge in [0.15, 0.2) is 0 Å². The molecule has 0 fully saturated rings. The smallest absolute Gasteiger partial charge is 0.221 e. The lowest BCUT2D eigenvalue weighted by atomic mass is 9.97. The number of rotatable bonds is 5. The van der Waals surface area contributed by atoms with Crippen molar-refractivity contribution in [3.63, 3.8) is 0 Å². The summed E-state index contributed by atoms with van der Waals surface area (Å²) in [5.74, 6) is 0.0338. The van der Waals surface area contributed by atoms with Crippen LogP contribution >= 0.6 is 0 Å². The minimum absolute atomic E-state index is 0.0338. The van der Waals surface area contributed by atoms with Gasteiger partial charge in [0.1, 0.15) is 0 Å². The van der Waals surface area contributed by atoms with Crippen LogP contribution in [0.3, 0.4) is 0 Å². The average molecular weight is 248 g/mol. The van der Waals surface area contributed by atoms with Crippen LogP contribution in [0.4, 0.5) is 0 Å². The van der Waals surface area contributed by atoms with Gasteiger partial charge in [0.2, 0.25) is 5.91 Å². The molecule has 0 spiro atoms. The van der Waals surface area contributed by atoms with E-state index in [2.05, 4.69) is 38.2 Å². The molecule has 1 aromatic carbocycles. The lowest BCUT2D eigenvalue weighted by molar-refractivity contribution is -0.121. The van der Waals surface area contributed by atoms with Crippen molar-refractivity contribution in [2.75, 3.05) is 6.54 Å². The Labute approximate surface area is 110 Å². The molecule has 1 rings (SSSR count). The van der Waals surface area contributed by atoms with Crippen molar-refractivity contribution >= 4 is 5.91 Å². The molecule has 1 atom stereocenters. The van der Waals surface area contributed by atoms with E-state index in [4.69, 9.17) is 5.73 Å².